The summed E-state index contributed by atoms with van der Waals surface area (Å²) in [5.74, 6) is -2.60. The summed E-state index contributed by atoms with van der Waals surface area (Å²) in [5.41, 5.74) is 0. The van der Waals surface area contributed by atoms with Gasteiger partial charge in [0.05, 0.1) is 18.4 Å². The van der Waals surface area contributed by atoms with Crippen molar-refractivity contribution in [3.8, 4) is 0 Å². The molecule has 0 amide bonds. The SMILES string of the molecule is C=CCC(C(=O)CCl)C(=O)CC(=O)OCC. The van der Waals surface area contributed by atoms with E-state index in [4.69, 9.17) is 11.6 Å². The normalized spacial score (nSPS) is 11.6. The second kappa shape index (κ2) is 8.05. The van der Waals surface area contributed by atoms with Crippen molar-refractivity contribution in [2.24, 2.45) is 5.92 Å². The largest absolute Gasteiger partial charge is 0.466 e. The molecule has 5 heteroatoms. The van der Waals surface area contributed by atoms with E-state index in [9.17, 15) is 14.4 Å². The van der Waals surface area contributed by atoms with E-state index in [-0.39, 0.29) is 18.9 Å². The van der Waals surface area contributed by atoms with Crippen molar-refractivity contribution in [3.63, 3.8) is 0 Å². The summed E-state index contributed by atoms with van der Waals surface area (Å²) in [4.78, 5) is 34.0. The number of hydrogen-bond acceptors (Lipinski definition) is 4. The van der Waals surface area contributed by atoms with Gasteiger partial charge < -0.3 is 4.74 Å². The summed E-state index contributed by atoms with van der Waals surface area (Å²) in [6.07, 6.45) is 1.26. The van der Waals surface area contributed by atoms with Gasteiger partial charge in [-0.3, -0.25) is 14.4 Å². The van der Waals surface area contributed by atoms with Gasteiger partial charge in [0, 0.05) is 0 Å². The van der Waals surface area contributed by atoms with E-state index in [2.05, 4.69) is 11.3 Å². The van der Waals surface area contributed by atoms with Crippen LogP contribution in [0, 0.1) is 5.92 Å². The minimum atomic E-state index is -0.876. The standard InChI is InChI=1S/C11H15ClO4/c1-3-5-8(10(14)7-12)9(13)6-11(15)16-4-2/h3,8H,1,4-7H2,2H3. The number of carbonyl (C=O) groups excluding carboxylic acids is 3. The highest BCUT2D eigenvalue weighted by atomic mass is 35.5. The number of allylic oxidation sites excluding steroid dienone is 1. The molecule has 0 saturated heterocycles. The van der Waals surface area contributed by atoms with Crippen LogP contribution in [-0.2, 0) is 19.1 Å². The van der Waals surface area contributed by atoms with Gasteiger partial charge in [0.15, 0.2) is 11.6 Å². The van der Waals surface area contributed by atoms with Gasteiger partial charge in [0.1, 0.15) is 6.42 Å². The van der Waals surface area contributed by atoms with Crippen molar-refractivity contribution >= 4 is 29.1 Å². The summed E-state index contributed by atoms with van der Waals surface area (Å²) in [5, 5.41) is 0. The Morgan fingerprint density at radius 2 is 2.00 bits per heavy atom. The fourth-order valence-corrected chi connectivity index (χ4v) is 1.37. The van der Waals surface area contributed by atoms with Crippen LogP contribution in [0.3, 0.4) is 0 Å². The minimum absolute atomic E-state index is 0.198. The van der Waals surface area contributed by atoms with Gasteiger partial charge in [0.2, 0.25) is 0 Å². The monoisotopic (exact) mass is 246 g/mol. The van der Waals surface area contributed by atoms with Gasteiger partial charge in [-0.1, -0.05) is 6.08 Å². The van der Waals surface area contributed by atoms with Crippen LogP contribution in [0.5, 0.6) is 0 Å². The van der Waals surface area contributed by atoms with E-state index >= 15 is 0 Å². The first-order valence-electron chi connectivity index (χ1n) is 4.94. The van der Waals surface area contributed by atoms with Gasteiger partial charge in [-0.25, -0.2) is 0 Å². The zero-order valence-electron chi connectivity index (χ0n) is 9.20. The van der Waals surface area contributed by atoms with Gasteiger partial charge in [-0.15, -0.1) is 18.2 Å². The van der Waals surface area contributed by atoms with Crippen LogP contribution >= 0.6 is 11.6 Å². The van der Waals surface area contributed by atoms with Crippen molar-refractivity contribution in [1.29, 1.82) is 0 Å². The number of Topliss-reactive ketones (excluding diaryl/α,β-unsaturated/α-hetero) is 2. The quantitative estimate of drug-likeness (QED) is 0.282. The molecule has 0 radical (unpaired) electrons. The topological polar surface area (TPSA) is 60.4 Å². The molecule has 0 bridgehead atoms. The maximum Gasteiger partial charge on any atom is 0.313 e. The van der Waals surface area contributed by atoms with Crippen LogP contribution in [0.15, 0.2) is 12.7 Å². The first kappa shape index (κ1) is 14.8. The molecule has 16 heavy (non-hydrogen) atoms. The minimum Gasteiger partial charge on any atom is -0.466 e. The Balaban J connectivity index is 4.43. The average Bonchev–Trinajstić information content (AvgIpc) is 2.24. The lowest BCUT2D eigenvalue weighted by atomic mass is 9.94. The molecule has 0 heterocycles. The smallest absolute Gasteiger partial charge is 0.313 e. The Morgan fingerprint density at radius 3 is 2.44 bits per heavy atom. The molecule has 0 aromatic carbocycles. The molecule has 0 aromatic rings. The lowest BCUT2D eigenvalue weighted by molar-refractivity contribution is -0.146. The first-order chi connectivity index (χ1) is 7.56. The van der Waals surface area contributed by atoms with E-state index in [0.717, 1.165) is 0 Å². The third-order valence-corrected chi connectivity index (χ3v) is 2.20. The van der Waals surface area contributed by atoms with Crippen molar-refractivity contribution in [1.82, 2.24) is 0 Å². The van der Waals surface area contributed by atoms with Crippen LogP contribution in [0.4, 0.5) is 0 Å². The maximum absolute atomic E-state index is 11.6. The van der Waals surface area contributed by atoms with Crippen LogP contribution < -0.4 is 0 Å². The molecule has 0 aromatic heterocycles. The molecule has 0 fully saturated rings. The molecule has 0 saturated carbocycles. The van der Waals surface area contributed by atoms with Crippen LogP contribution in [0.2, 0.25) is 0 Å². The number of ketones is 2. The van der Waals surface area contributed by atoms with Crippen LogP contribution in [-0.4, -0.2) is 30.0 Å². The Kier molecular flexibility index (Phi) is 7.46. The number of esters is 1. The highest BCUT2D eigenvalue weighted by Gasteiger charge is 2.26. The zero-order chi connectivity index (χ0) is 12.6. The summed E-state index contributed by atoms with van der Waals surface area (Å²) >= 11 is 5.37. The summed E-state index contributed by atoms with van der Waals surface area (Å²) in [7, 11) is 0. The molecule has 0 aliphatic heterocycles. The Labute approximate surface area is 99.6 Å². The lowest BCUT2D eigenvalue weighted by Gasteiger charge is -2.10. The van der Waals surface area contributed by atoms with Crippen molar-refractivity contribution in [3.05, 3.63) is 12.7 Å². The van der Waals surface area contributed by atoms with Gasteiger partial charge in [-0.05, 0) is 13.3 Å². The third-order valence-electron chi connectivity index (χ3n) is 1.94. The van der Waals surface area contributed by atoms with E-state index < -0.39 is 29.9 Å². The van der Waals surface area contributed by atoms with Crippen molar-refractivity contribution < 1.29 is 19.1 Å². The lowest BCUT2D eigenvalue weighted by Crippen LogP contribution is -2.27. The predicted octanol–water partition coefficient (Wildman–Crippen LogP) is 1.51. The number of alkyl halides is 1. The molecule has 0 spiro atoms. The van der Waals surface area contributed by atoms with E-state index in [0.29, 0.717) is 0 Å². The molecule has 0 aliphatic carbocycles. The predicted molar refractivity (Wildman–Crippen MR) is 60.3 cm³/mol. The summed E-state index contributed by atoms with van der Waals surface area (Å²) < 4.78 is 4.62. The number of rotatable bonds is 8. The van der Waals surface area contributed by atoms with E-state index in [1.807, 2.05) is 0 Å². The molecule has 0 N–H and O–H groups in total. The summed E-state index contributed by atoms with van der Waals surface area (Å²) in [6, 6.07) is 0. The fourth-order valence-electron chi connectivity index (χ4n) is 1.18. The molecule has 0 aliphatic rings. The Morgan fingerprint density at radius 1 is 1.38 bits per heavy atom. The molecule has 1 unspecified atom stereocenters. The highest BCUT2D eigenvalue weighted by Crippen LogP contribution is 2.11. The number of hydrogen-bond donors (Lipinski definition) is 0. The molecule has 4 nitrogen and oxygen atoms in total. The molecular weight excluding hydrogens is 232 g/mol. The van der Waals surface area contributed by atoms with Gasteiger partial charge >= 0.3 is 5.97 Å². The number of halogens is 1. The van der Waals surface area contributed by atoms with Crippen LogP contribution in [0.25, 0.3) is 0 Å². The molecule has 1 atom stereocenters. The van der Waals surface area contributed by atoms with E-state index in [1.165, 1.54) is 6.08 Å². The van der Waals surface area contributed by atoms with Crippen LogP contribution in [0.1, 0.15) is 19.8 Å². The molecule has 0 rings (SSSR count). The fraction of sp³-hybridized carbons (Fsp3) is 0.545. The van der Waals surface area contributed by atoms with Gasteiger partial charge in [-0.2, -0.15) is 0 Å². The number of carbonyl (C=O) groups is 3. The van der Waals surface area contributed by atoms with E-state index in [1.54, 1.807) is 6.92 Å². The molecule has 90 valence electrons. The number of ether oxygens (including phenoxy) is 1. The summed E-state index contributed by atoms with van der Waals surface area (Å²) in [6.45, 7) is 5.31. The Hall–Kier alpha value is -1.16. The molecular formula is C11H15ClO4. The zero-order valence-corrected chi connectivity index (χ0v) is 9.96. The van der Waals surface area contributed by atoms with Gasteiger partial charge in [0.25, 0.3) is 0 Å². The second-order valence-electron chi connectivity index (χ2n) is 3.13. The maximum atomic E-state index is 11.6. The first-order valence-corrected chi connectivity index (χ1v) is 5.48. The highest BCUT2D eigenvalue weighted by molar-refractivity contribution is 6.30. The average molecular weight is 247 g/mol. The third kappa shape index (κ3) is 5.07. The van der Waals surface area contributed by atoms with Crippen molar-refractivity contribution in [2.45, 2.75) is 19.8 Å². The Bertz CT molecular complexity index is 286. The van der Waals surface area contributed by atoms with Crippen molar-refractivity contribution in [2.75, 3.05) is 12.5 Å². The second-order valence-corrected chi connectivity index (χ2v) is 3.39.